The third kappa shape index (κ3) is 2.17. The van der Waals surface area contributed by atoms with Crippen molar-refractivity contribution in [3.8, 4) is 0 Å². The zero-order valence-corrected chi connectivity index (χ0v) is 11.8. The first kappa shape index (κ1) is 12.4. The van der Waals surface area contributed by atoms with Crippen LogP contribution in [0.2, 0.25) is 0 Å². The molecular formula is C15H17N5O. The Morgan fingerprint density at radius 3 is 3.05 bits per heavy atom. The van der Waals surface area contributed by atoms with Crippen molar-refractivity contribution >= 4 is 11.5 Å². The number of aryl methyl sites for hydroxylation is 1. The molecule has 1 fully saturated rings. The number of anilines is 1. The first-order chi connectivity index (χ1) is 10.3. The average molecular weight is 283 g/mol. The molecule has 6 nitrogen and oxygen atoms in total. The van der Waals surface area contributed by atoms with Crippen LogP contribution in [-0.4, -0.2) is 37.9 Å². The number of aromatic nitrogens is 4. The van der Waals surface area contributed by atoms with Gasteiger partial charge in [-0.25, -0.2) is 4.98 Å². The van der Waals surface area contributed by atoms with Crippen LogP contribution in [0.5, 0.6) is 0 Å². The van der Waals surface area contributed by atoms with Gasteiger partial charge in [-0.15, -0.1) is 0 Å². The van der Waals surface area contributed by atoms with Crippen molar-refractivity contribution in [3.63, 3.8) is 0 Å². The van der Waals surface area contributed by atoms with Crippen LogP contribution >= 0.6 is 0 Å². The summed E-state index contributed by atoms with van der Waals surface area (Å²) in [7, 11) is 1.93. The molecule has 108 valence electrons. The lowest BCUT2D eigenvalue weighted by Gasteiger charge is -2.38. The molecule has 2 atom stereocenters. The van der Waals surface area contributed by atoms with Gasteiger partial charge in [0, 0.05) is 37.6 Å². The molecule has 0 radical (unpaired) electrons. The molecule has 21 heavy (non-hydrogen) atoms. The van der Waals surface area contributed by atoms with Crippen LogP contribution < -0.4 is 5.32 Å². The van der Waals surface area contributed by atoms with Crippen molar-refractivity contribution in [1.82, 2.24) is 19.2 Å². The van der Waals surface area contributed by atoms with Gasteiger partial charge in [0.1, 0.15) is 11.5 Å². The molecular weight excluding hydrogens is 266 g/mol. The lowest BCUT2D eigenvalue weighted by atomic mass is 10.0. The van der Waals surface area contributed by atoms with Crippen molar-refractivity contribution in [2.24, 2.45) is 7.05 Å². The lowest BCUT2D eigenvalue weighted by Crippen LogP contribution is -2.51. The maximum absolute atomic E-state index is 5.74. The minimum Gasteiger partial charge on any atom is -0.373 e. The Hall–Kier alpha value is -2.34. The van der Waals surface area contributed by atoms with Gasteiger partial charge in [-0.05, 0) is 12.1 Å². The van der Waals surface area contributed by atoms with Gasteiger partial charge in [-0.1, -0.05) is 6.07 Å². The monoisotopic (exact) mass is 283 g/mol. The minimum atomic E-state index is 0.174. The molecule has 4 rings (SSSR count). The number of pyridine rings is 1. The van der Waals surface area contributed by atoms with E-state index in [1.807, 2.05) is 42.3 Å². The van der Waals surface area contributed by atoms with Crippen LogP contribution in [0.1, 0.15) is 5.69 Å². The second kappa shape index (κ2) is 4.89. The summed E-state index contributed by atoms with van der Waals surface area (Å²) in [4.78, 5) is 4.32. The summed E-state index contributed by atoms with van der Waals surface area (Å²) in [6.45, 7) is 0.732. The summed E-state index contributed by atoms with van der Waals surface area (Å²) in [6, 6.07) is 8.47. The average Bonchev–Trinajstić information content (AvgIpc) is 3.10. The van der Waals surface area contributed by atoms with E-state index in [0.717, 1.165) is 24.5 Å². The topological polar surface area (TPSA) is 56.4 Å². The maximum atomic E-state index is 5.74. The molecule has 4 heterocycles. The fraction of sp³-hybridized carbons (Fsp3) is 0.333. The van der Waals surface area contributed by atoms with Crippen molar-refractivity contribution in [3.05, 3.63) is 48.5 Å². The van der Waals surface area contributed by atoms with Gasteiger partial charge in [-0.2, -0.15) is 5.10 Å². The van der Waals surface area contributed by atoms with Crippen LogP contribution in [-0.2, 0) is 18.2 Å². The smallest absolute Gasteiger partial charge is 0.136 e. The summed E-state index contributed by atoms with van der Waals surface area (Å²) in [6.07, 6.45) is 6.65. The molecule has 0 spiro atoms. The Balaban J connectivity index is 1.50. The molecule has 3 aromatic rings. The van der Waals surface area contributed by atoms with Crippen LogP contribution in [0.15, 0.2) is 42.9 Å². The van der Waals surface area contributed by atoms with E-state index in [2.05, 4.69) is 25.9 Å². The van der Waals surface area contributed by atoms with E-state index in [1.54, 1.807) is 6.20 Å². The van der Waals surface area contributed by atoms with E-state index in [1.165, 1.54) is 5.69 Å². The molecule has 0 saturated carbocycles. The van der Waals surface area contributed by atoms with E-state index in [4.69, 9.17) is 4.74 Å². The van der Waals surface area contributed by atoms with Crippen LogP contribution in [0.25, 0.3) is 5.65 Å². The quantitative estimate of drug-likeness (QED) is 0.788. The van der Waals surface area contributed by atoms with Gasteiger partial charge < -0.3 is 14.5 Å². The number of imidazole rings is 1. The fourth-order valence-corrected chi connectivity index (χ4v) is 2.75. The first-order valence-electron chi connectivity index (χ1n) is 7.08. The molecule has 0 amide bonds. The number of hydrogen-bond donors (Lipinski definition) is 1. The van der Waals surface area contributed by atoms with Gasteiger partial charge in [0.15, 0.2) is 0 Å². The molecule has 0 aromatic carbocycles. The number of nitrogens with one attached hydrogen (secondary N) is 1. The number of rotatable bonds is 4. The SMILES string of the molecule is Cn1nccc1NC1COC1Cc1cccc2nccn12. The molecule has 1 aliphatic rings. The third-order valence-electron chi connectivity index (χ3n) is 4.02. The fourth-order valence-electron chi connectivity index (χ4n) is 2.75. The summed E-state index contributed by atoms with van der Waals surface area (Å²) >= 11 is 0. The van der Waals surface area contributed by atoms with Gasteiger partial charge in [0.25, 0.3) is 0 Å². The Bertz CT molecular complexity index is 762. The predicted octanol–water partition coefficient (Wildman–Crippen LogP) is 1.49. The Labute approximate surface area is 122 Å². The third-order valence-corrected chi connectivity index (χ3v) is 4.02. The van der Waals surface area contributed by atoms with Gasteiger partial charge >= 0.3 is 0 Å². The number of hydrogen-bond acceptors (Lipinski definition) is 4. The normalized spacial score (nSPS) is 21.4. The summed E-state index contributed by atoms with van der Waals surface area (Å²) < 4.78 is 9.69. The van der Waals surface area contributed by atoms with Crippen molar-refractivity contribution in [2.45, 2.75) is 18.6 Å². The van der Waals surface area contributed by atoms with Crippen molar-refractivity contribution in [2.75, 3.05) is 11.9 Å². The molecule has 1 N–H and O–H groups in total. The zero-order valence-electron chi connectivity index (χ0n) is 11.8. The molecule has 6 heteroatoms. The number of nitrogens with zero attached hydrogens (tertiary/aromatic N) is 4. The van der Waals surface area contributed by atoms with Crippen LogP contribution in [0.4, 0.5) is 5.82 Å². The number of ether oxygens (including phenoxy) is 1. The van der Waals surface area contributed by atoms with Crippen molar-refractivity contribution < 1.29 is 4.74 Å². The minimum absolute atomic E-state index is 0.174. The largest absolute Gasteiger partial charge is 0.373 e. The maximum Gasteiger partial charge on any atom is 0.136 e. The van der Waals surface area contributed by atoms with Crippen LogP contribution in [0.3, 0.4) is 0 Å². The highest BCUT2D eigenvalue weighted by atomic mass is 16.5. The Kier molecular flexibility index (Phi) is 2.89. The standard InChI is InChI=1S/C15H17N5O/c1-19-15(5-6-17-19)18-12-10-21-13(12)9-11-3-2-4-14-16-7-8-20(11)14/h2-8,12-13,18H,9-10H2,1H3. The summed E-state index contributed by atoms with van der Waals surface area (Å²) in [5.41, 5.74) is 2.19. The number of fused-ring (bicyclic) bond motifs is 1. The zero-order chi connectivity index (χ0) is 14.2. The highest BCUT2D eigenvalue weighted by molar-refractivity contribution is 5.40. The van der Waals surface area contributed by atoms with Crippen molar-refractivity contribution in [1.29, 1.82) is 0 Å². The molecule has 1 aliphatic heterocycles. The molecule has 1 saturated heterocycles. The molecule has 0 bridgehead atoms. The Morgan fingerprint density at radius 2 is 2.29 bits per heavy atom. The second-order valence-electron chi connectivity index (χ2n) is 5.34. The van der Waals surface area contributed by atoms with E-state index in [9.17, 15) is 0 Å². The highest BCUT2D eigenvalue weighted by Crippen LogP contribution is 2.22. The summed E-state index contributed by atoms with van der Waals surface area (Å²) in [5, 5.41) is 7.66. The second-order valence-corrected chi connectivity index (χ2v) is 5.34. The first-order valence-corrected chi connectivity index (χ1v) is 7.08. The Morgan fingerprint density at radius 1 is 1.33 bits per heavy atom. The molecule has 2 unspecified atom stereocenters. The predicted molar refractivity (Wildman–Crippen MR) is 79.3 cm³/mol. The van der Waals surface area contributed by atoms with E-state index >= 15 is 0 Å². The lowest BCUT2D eigenvalue weighted by molar-refractivity contribution is -0.0639. The van der Waals surface area contributed by atoms with E-state index < -0.39 is 0 Å². The molecule has 3 aromatic heterocycles. The molecule has 0 aliphatic carbocycles. The van der Waals surface area contributed by atoms with Gasteiger partial charge in [0.05, 0.1) is 24.9 Å². The van der Waals surface area contributed by atoms with Crippen LogP contribution in [0, 0.1) is 0 Å². The highest BCUT2D eigenvalue weighted by Gasteiger charge is 2.33. The van der Waals surface area contributed by atoms with Gasteiger partial charge in [-0.3, -0.25) is 4.68 Å². The van der Waals surface area contributed by atoms with E-state index in [-0.39, 0.29) is 6.10 Å². The summed E-state index contributed by atoms with van der Waals surface area (Å²) in [5.74, 6) is 1.02. The van der Waals surface area contributed by atoms with E-state index in [0.29, 0.717) is 6.04 Å². The van der Waals surface area contributed by atoms with Gasteiger partial charge in [0.2, 0.25) is 0 Å².